The summed E-state index contributed by atoms with van der Waals surface area (Å²) in [7, 11) is 0. The molecule has 0 saturated heterocycles. The molecule has 0 amide bonds. The van der Waals surface area contributed by atoms with Crippen molar-refractivity contribution in [3.63, 3.8) is 0 Å². The summed E-state index contributed by atoms with van der Waals surface area (Å²) < 4.78 is 40.2. The summed E-state index contributed by atoms with van der Waals surface area (Å²) in [6.07, 6.45) is 0. The molecule has 0 radical (unpaired) electrons. The van der Waals surface area contributed by atoms with Crippen molar-refractivity contribution < 1.29 is 13.2 Å². The molecule has 0 atom stereocenters. The SMILES string of the molecule is CC(F)(F)c1[nH]nc(N)c1-c1ccccc1F. The lowest BCUT2D eigenvalue weighted by atomic mass is 10.0. The van der Waals surface area contributed by atoms with Gasteiger partial charge in [-0.3, -0.25) is 5.10 Å². The van der Waals surface area contributed by atoms with Crippen LogP contribution in [-0.4, -0.2) is 10.2 Å². The molecule has 2 aromatic rings. The van der Waals surface area contributed by atoms with E-state index in [0.29, 0.717) is 6.92 Å². The van der Waals surface area contributed by atoms with Crippen LogP contribution in [0.3, 0.4) is 0 Å². The van der Waals surface area contributed by atoms with E-state index in [1.807, 2.05) is 0 Å². The van der Waals surface area contributed by atoms with Crippen molar-refractivity contribution in [2.45, 2.75) is 12.8 Å². The zero-order valence-electron chi connectivity index (χ0n) is 8.97. The number of halogens is 3. The molecule has 0 aliphatic carbocycles. The minimum atomic E-state index is -3.16. The Morgan fingerprint density at radius 3 is 2.53 bits per heavy atom. The van der Waals surface area contributed by atoms with E-state index in [1.54, 1.807) is 6.07 Å². The summed E-state index contributed by atoms with van der Waals surface area (Å²) in [6, 6.07) is 5.58. The Labute approximate surface area is 95.5 Å². The molecule has 1 aromatic carbocycles. The van der Waals surface area contributed by atoms with Crippen molar-refractivity contribution >= 4 is 5.82 Å². The number of aromatic nitrogens is 2. The highest BCUT2D eigenvalue weighted by Gasteiger charge is 2.32. The maximum Gasteiger partial charge on any atom is 0.287 e. The first kappa shape index (κ1) is 11.5. The Balaban J connectivity index is 2.68. The van der Waals surface area contributed by atoms with E-state index in [4.69, 9.17) is 5.73 Å². The van der Waals surface area contributed by atoms with Crippen LogP contribution in [0.5, 0.6) is 0 Å². The molecule has 6 heteroatoms. The molecule has 0 spiro atoms. The Morgan fingerprint density at radius 2 is 1.94 bits per heavy atom. The summed E-state index contributed by atoms with van der Waals surface area (Å²) in [5, 5.41) is 5.65. The molecule has 0 fully saturated rings. The van der Waals surface area contributed by atoms with Crippen LogP contribution in [0.2, 0.25) is 0 Å². The van der Waals surface area contributed by atoms with E-state index < -0.39 is 17.4 Å². The lowest BCUT2D eigenvalue weighted by Gasteiger charge is -2.11. The fourth-order valence-electron chi connectivity index (χ4n) is 1.61. The number of nitrogens with zero attached hydrogens (tertiary/aromatic N) is 1. The summed E-state index contributed by atoms with van der Waals surface area (Å²) in [5.74, 6) is -3.93. The number of alkyl halides is 2. The average molecular weight is 241 g/mol. The third-order valence-electron chi connectivity index (χ3n) is 2.38. The van der Waals surface area contributed by atoms with Crippen molar-refractivity contribution in [1.82, 2.24) is 10.2 Å². The van der Waals surface area contributed by atoms with E-state index in [-0.39, 0.29) is 16.9 Å². The van der Waals surface area contributed by atoms with Crippen molar-refractivity contribution in [3.8, 4) is 11.1 Å². The smallest absolute Gasteiger partial charge is 0.287 e. The lowest BCUT2D eigenvalue weighted by molar-refractivity contribution is 0.0133. The number of hydrogen-bond donors (Lipinski definition) is 2. The van der Waals surface area contributed by atoms with E-state index in [1.165, 1.54) is 18.2 Å². The highest BCUT2D eigenvalue weighted by Crippen LogP contribution is 2.38. The Morgan fingerprint density at radius 1 is 1.29 bits per heavy atom. The predicted molar refractivity (Wildman–Crippen MR) is 58.0 cm³/mol. The first-order chi connectivity index (χ1) is 7.91. The van der Waals surface area contributed by atoms with Gasteiger partial charge in [0.2, 0.25) is 0 Å². The van der Waals surface area contributed by atoms with Crippen LogP contribution >= 0.6 is 0 Å². The molecule has 17 heavy (non-hydrogen) atoms. The Kier molecular flexibility index (Phi) is 2.57. The van der Waals surface area contributed by atoms with Gasteiger partial charge >= 0.3 is 0 Å². The zero-order valence-corrected chi connectivity index (χ0v) is 8.97. The predicted octanol–water partition coefficient (Wildman–Crippen LogP) is 2.91. The number of anilines is 1. The minimum Gasteiger partial charge on any atom is -0.382 e. The van der Waals surface area contributed by atoms with E-state index >= 15 is 0 Å². The van der Waals surface area contributed by atoms with Crippen molar-refractivity contribution in [1.29, 1.82) is 0 Å². The van der Waals surface area contributed by atoms with Crippen LogP contribution in [0.15, 0.2) is 24.3 Å². The maximum atomic E-state index is 13.6. The van der Waals surface area contributed by atoms with Crippen LogP contribution in [-0.2, 0) is 5.92 Å². The van der Waals surface area contributed by atoms with Gasteiger partial charge in [0.05, 0.1) is 5.56 Å². The van der Waals surface area contributed by atoms with Gasteiger partial charge in [-0.1, -0.05) is 18.2 Å². The zero-order chi connectivity index (χ0) is 12.6. The van der Waals surface area contributed by atoms with Crippen molar-refractivity contribution in [2.24, 2.45) is 0 Å². The second-order valence-electron chi connectivity index (χ2n) is 3.73. The summed E-state index contributed by atoms with van der Waals surface area (Å²) in [5.41, 5.74) is 4.93. The molecular formula is C11H10F3N3. The van der Waals surface area contributed by atoms with Gasteiger partial charge in [-0.2, -0.15) is 13.9 Å². The van der Waals surface area contributed by atoms with E-state index in [0.717, 1.165) is 0 Å². The maximum absolute atomic E-state index is 13.6. The molecule has 0 unspecified atom stereocenters. The number of hydrogen-bond acceptors (Lipinski definition) is 2. The second-order valence-corrected chi connectivity index (χ2v) is 3.73. The van der Waals surface area contributed by atoms with Gasteiger partial charge in [0.15, 0.2) is 5.82 Å². The standard InChI is InChI=1S/C11H10F3N3/c1-11(13,14)9-8(10(15)17-16-9)6-4-2-3-5-7(6)12/h2-5H,1H3,(H3,15,16,17). The molecule has 0 aliphatic heterocycles. The second kappa shape index (κ2) is 3.80. The van der Waals surface area contributed by atoms with Gasteiger partial charge in [-0.05, 0) is 6.07 Å². The number of nitrogens with two attached hydrogens (primary N) is 1. The van der Waals surface area contributed by atoms with Gasteiger partial charge in [0.1, 0.15) is 11.5 Å². The van der Waals surface area contributed by atoms with Crippen LogP contribution in [0, 0.1) is 5.82 Å². The third-order valence-corrected chi connectivity index (χ3v) is 2.38. The summed E-state index contributed by atoms with van der Waals surface area (Å²) >= 11 is 0. The van der Waals surface area contributed by atoms with Crippen molar-refractivity contribution in [2.75, 3.05) is 5.73 Å². The lowest BCUT2D eigenvalue weighted by Crippen LogP contribution is -2.09. The van der Waals surface area contributed by atoms with Gasteiger partial charge < -0.3 is 5.73 Å². The summed E-state index contributed by atoms with van der Waals surface area (Å²) in [6.45, 7) is 0.699. The normalized spacial score (nSPS) is 11.8. The van der Waals surface area contributed by atoms with Gasteiger partial charge in [-0.25, -0.2) is 4.39 Å². The fraction of sp³-hybridized carbons (Fsp3) is 0.182. The highest BCUT2D eigenvalue weighted by molar-refractivity contribution is 5.77. The Bertz CT molecular complexity index is 543. The number of nitrogens with one attached hydrogen (secondary N) is 1. The summed E-state index contributed by atoms with van der Waals surface area (Å²) in [4.78, 5) is 0. The Hall–Kier alpha value is -1.98. The number of aromatic amines is 1. The van der Waals surface area contributed by atoms with Crippen molar-refractivity contribution in [3.05, 3.63) is 35.8 Å². The molecule has 0 bridgehead atoms. The molecule has 1 heterocycles. The van der Waals surface area contributed by atoms with Gasteiger partial charge in [0, 0.05) is 12.5 Å². The number of rotatable bonds is 2. The molecule has 1 aromatic heterocycles. The molecule has 2 rings (SSSR count). The minimum absolute atomic E-state index is 0.00951. The van der Waals surface area contributed by atoms with E-state index in [9.17, 15) is 13.2 Å². The molecule has 3 nitrogen and oxygen atoms in total. The molecule has 0 saturated carbocycles. The number of benzene rings is 1. The molecular weight excluding hydrogens is 231 g/mol. The van der Waals surface area contributed by atoms with Crippen LogP contribution in [0.4, 0.5) is 19.0 Å². The van der Waals surface area contributed by atoms with E-state index in [2.05, 4.69) is 10.2 Å². The topological polar surface area (TPSA) is 54.7 Å². The van der Waals surface area contributed by atoms with Crippen LogP contribution < -0.4 is 5.73 Å². The average Bonchev–Trinajstić information content (AvgIpc) is 2.60. The first-order valence-electron chi connectivity index (χ1n) is 4.88. The number of nitrogen functional groups attached to an aromatic ring is 1. The van der Waals surface area contributed by atoms with Gasteiger partial charge in [-0.15, -0.1) is 0 Å². The van der Waals surface area contributed by atoms with Crippen LogP contribution in [0.1, 0.15) is 12.6 Å². The monoisotopic (exact) mass is 241 g/mol. The number of H-pyrrole nitrogens is 1. The largest absolute Gasteiger partial charge is 0.382 e. The highest BCUT2D eigenvalue weighted by atomic mass is 19.3. The molecule has 0 aliphatic rings. The third kappa shape index (κ3) is 1.98. The first-order valence-corrected chi connectivity index (χ1v) is 4.88. The molecule has 3 N–H and O–H groups in total. The fourth-order valence-corrected chi connectivity index (χ4v) is 1.61. The van der Waals surface area contributed by atoms with Gasteiger partial charge in [0.25, 0.3) is 5.92 Å². The van der Waals surface area contributed by atoms with Crippen LogP contribution in [0.25, 0.3) is 11.1 Å². The quantitative estimate of drug-likeness (QED) is 0.849. The molecule has 90 valence electrons.